The summed E-state index contributed by atoms with van der Waals surface area (Å²) in [7, 11) is 0. The van der Waals surface area contributed by atoms with Gasteiger partial charge in [-0.15, -0.1) is 0 Å². The number of anilines is 1. The fourth-order valence-corrected chi connectivity index (χ4v) is 2.20. The molecule has 0 saturated heterocycles. The lowest BCUT2D eigenvalue weighted by atomic mass is 10.2. The summed E-state index contributed by atoms with van der Waals surface area (Å²) in [6, 6.07) is 15.8. The van der Waals surface area contributed by atoms with Crippen LogP contribution in [-0.4, -0.2) is 17.1 Å². The number of amides is 1. The van der Waals surface area contributed by atoms with Crippen LogP contribution in [0.5, 0.6) is 5.75 Å². The maximum atomic E-state index is 12.3. The van der Waals surface area contributed by atoms with Gasteiger partial charge in [-0.3, -0.25) is 10.1 Å². The van der Waals surface area contributed by atoms with Crippen molar-refractivity contribution in [2.24, 2.45) is 0 Å². The number of nitriles is 1. The van der Waals surface area contributed by atoms with Crippen molar-refractivity contribution in [3.05, 3.63) is 59.7 Å². The van der Waals surface area contributed by atoms with E-state index in [9.17, 15) is 4.79 Å². The minimum absolute atomic E-state index is 0.0218. The number of carbonyl (C=O) groups excluding carboxylic acids is 1. The first-order valence-corrected chi connectivity index (χ1v) is 7.78. The zero-order valence-electron chi connectivity index (χ0n) is 13.4. The van der Waals surface area contributed by atoms with Crippen LogP contribution in [0, 0.1) is 11.3 Å². The maximum Gasteiger partial charge on any atom is 0.257 e. The molecule has 0 aliphatic carbocycles. The molecule has 0 spiro atoms. The monoisotopic (exact) mass is 339 g/mol. The first-order valence-electron chi connectivity index (χ1n) is 7.38. The van der Waals surface area contributed by atoms with E-state index >= 15 is 0 Å². The SMILES string of the molecule is CC(C)Oc1cccc(C(=O)NC(=S)Nc2ccccc2C#N)c1. The Labute approximate surface area is 146 Å². The van der Waals surface area contributed by atoms with Gasteiger partial charge >= 0.3 is 0 Å². The Kier molecular flexibility index (Phi) is 5.88. The Bertz CT molecular complexity index is 797. The number of ether oxygens (including phenoxy) is 1. The zero-order valence-corrected chi connectivity index (χ0v) is 14.2. The highest BCUT2D eigenvalue weighted by molar-refractivity contribution is 7.80. The van der Waals surface area contributed by atoms with Crippen LogP contribution in [0.25, 0.3) is 0 Å². The number of thiocarbonyl (C=S) groups is 1. The molecule has 0 aliphatic rings. The van der Waals surface area contributed by atoms with Crippen LogP contribution in [0.4, 0.5) is 5.69 Å². The van der Waals surface area contributed by atoms with Crippen molar-refractivity contribution in [3.63, 3.8) is 0 Å². The van der Waals surface area contributed by atoms with Gasteiger partial charge in [0.2, 0.25) is 0 Å². The molecule has 24 heavy (non-hydrogen) atoms. The molecule has 0 atom stereocenters. The van der Waals surface area contributed by atoms with Crippen molar-refractivity contribution in [2.75, 3.05) is 5.32 Å². The molecule has 0 saturated carbocycles. The Balaban J connectivity index is 2.04. The van der Waals surface area contributed by atoms with Crippen LogP contribution in [-0.2, 0) is 0 Å². The second-order valence-electron chi connectivity index (χ2n) is 5.26. The molecule has 2 aromatic carbocycles. The summed E-state index contributed by atoms with van der Waals surface area (Å²) in [6.07, 6.45) is 0.0218. The van der Waals surface area contributed by atoms with Crippen LogP contribution in [0.15, 0.2) is 48.5 Å². The molecule has 5 nitrogen and oxygen atoms in total. The molecule has 0 heterocycles. The number of benzene rings is 2. The van der Waals surface area contributed by atoms with Gasteiger partial charge in [0.15, 0.2) is 5.11 Å². The fraction of sp³-hybridized carbons (Fsp3) is 0.167. The molecule has 1 amide bonds. The second-order valence-corrected chi connectivity index (χ2v) is 5.67. The molecule has 2 aromatic rings. The Hall–Kier alpha value is -2.91. The number of para-hydroxylation sites is 1. The number of hydrogen-bond acceptors (Lipinski definition) is 4. The summed E-state index contributed by atoms with van der Waals surface area (Å²) >= 11 is 5.14. The summed E-state index contributed by atoms with van der Waals surface area (Å²) in [4.78, 5) is 12.3. The van der Waals surface area contributed by atoms with E-state index < -0.39 is 0 Å². The highest BCUT2D eigenvalue weighted by Gasteiger charge is 2.10. The quantitative estimate of drug-likeness (QED) is 0.834. The van der Waals surface area contributed by atoms with Crippen molar-refractivity contribution in [3.8, 4) is 11.8 Å². The third-order valence-electron chi connectivity index (χ3n) is 2.99. The molecule has 2 rings (SSSR count). The third kappa shape index (κ3) is 4.80. The Morgan fingerprint density at radius 3 is 2.67 bits per heavy atom. The summed E-state index contributed by atoms with van der Waals surface area (Å²) in [6.45, 7) is 3.83. The van der Waals surface area contributed by atoms with Gasteiger partial charge in [-0.2, -0.15) is 5.26 Å². The number of rotatable bonds is 4. The minimum atomic E-state index is -0.351. The van der Waals surface area contributed by atoms with Gasteiger partial charge in [-0.25, -0.2) is 0 Å². The van der Waals surface area contributed by atoms with Gasteiger partial charge in [0.1, 0.15) is 11.8 Å². The third-order valence-corrected chi connectivity index (χ3v) is 3.19. The predicted octanol–water partition coefficient (Wildman–Crippen LogP) is 3.47. The molecule has 0 fully saturated rings. The van der Waals surface area contributed by atoms with Crippen molar-refractivity contribution in [1.82, 2.24) is 5.32 Å². The van der Waals surface area contributed by atoms with E-state index in [1.54, 1.807) is 48.5 Å². The molecule has 122 valence electrons. The van der Waals surface area contributed by atoms with E-state index in [0.29, 0.717) is 22.6 Å². The van der Waals surface area contributed by atoms with Crippen molar-refractivity contribution in [2.45, 2.75) is 20.0 Å². The lowest BCUT2D eigenvalue weighted by Gasteiger charge is -2.12. The second kappa shape index (κ2) is 8.09. The van der Waals surface area contributed by atoms with Gasteiger partial charge in [-0.05, 0) is 56.4 Å². The zero-order chi connectivity index (χ0) is 17.5. The molecule has 0 aliphatic heterocycles. The molecular weight excluding hydrogens is 322 g/mol. The average molecular weight is 339 g/mol. The summed E-state index contributed by atoms with van der Waals surface area (Å²) < 4.78 is 5.57. The number of nitrogens with one attached hydrogen (secondary N) is 2. The number of nitrogens with zero attached hydrogens (tertiary/aromatic N) is 1. The molecule has 0 radical (unpaired) electrons. The maximum absolute atomic E-state index is 12.3. The first-order chi connectivity index (χ1) is 11.5. The van der Waals surface area contributed by atoms with E-state index in [1.807, 2.05) is 13.8 Å². The van der Waals surface area contributed by atoms with Crippen LogP contribution in [0.1, 0.15) is 29.8 Å². The average Bonchev–Trinajstić information content (AvgIpc) is 2.55. The van der Waals surface area contributed by atoms with E-state index in [4.69, 9.17) is 22.2 Å². The highest BCUT2D eigenvalue weighted by atomic mass is 32.1. The molecule has 2 N–H and O–H groups in total. The number of hydrogen-bond donors (Lipinski definition) is 2. The van der Waals surface area contributed by atoms with Crippen molar-refractivity contribution in [1.29, 1.82) is 5.26 Å². The van der Waals surface area contributed by atoms with Crippen LogP contribution >= 0.6 is 12.2 Å². The van der Waals surface area contributed by atoms with Crippen molar-refractivity contribution >= 4 is 28.9 Å². The summed E-state index contributed by atoms with van der Waals surface area (Å²) in [5.74, 6) is 0.266. The van der Waals surface area contributed by atoms with Crippen LogP contribution in [0.2, 0.25) is 0 Å². The lowest BCUT2D eigenvalue weighted by molar-refractivity contribution is 0.0977. The molecule has 0 unspecified atom stereocenters. The van der Waals surface area contributed by atoms with Gasteiger partial charge in [-0.1, -0.05) is 18.2 Å². The molecular formula is C18H17N3O2S. The Morgan fingerprint density at radius 1 is 1.21 bits per heavy atom. The van der Waals surface area contributed by atoms with Gasteiger partial charge in [0.25, 0.3) is 5.91 Å². The lowest BCUT2D eigenvalue weighted by Crippen LogP contribution is -2.34. The standard InChI is InChI=1S/C18H17N3O2S/c1-12(2)23-15-8-5-7-13(10-15)17(22)21-18(24)20-16-9-4-3-6-14(16)11-19/h3-10,12H,1-2H3,(H2,20,21,22,24). The first kappa shape index (κ1) is 17.4. The van der Waals surface area contributed by atoms with Crippen LogP contribution < -0.4 is 15.4 Å². The normalized spacial score (nSPS) is 9.92. The minimum Gasteiger partial charge on any atom is -0.491 e. The van der Waals surface area contributed by atoms with E-state index in [1.165, 1.54) is 0 Å². The number of carbonyl (C=O) groups is 1. The van der Waals surface area contributed by atoms with E-state index in [-0.39, 0.29) is 17.1 Å². The predicted molar refractivity (Wildman–Crippen MR) is 97.0 cm³/mol. The van der Waals surface area contributed by atoms with Gasteiger partial charge in [0.05, 0.1) is 17.4 Å². The smallest absolute Gasteiger partial charge is 0.257 e. The van der Waals surface area contributed by atoms with Gasteiger partial charge < -0.3 is 10.1 Å². The molecule has 0 aromatic heterocycles. The fourth-order valence-electron chi connectivity index (χ4n) is 2.00. The Morgan fingerprint density at radius 2 is 1.96 bits per heavy atom. The van der Waals surface area contributed by atoms with E-state index in [2.05, 4.69) is 16.7 Å². The topological polar surface area (TPSA) is 74.2 Å². The summed E-state index contributed by atoms with van der Waals surface area (Å²) in [5, 5.41) is 14.6. The summed E-state index contributed by atoms with van der Waals surface area (Å²) in [5.41, 5.74) is 1.43. The van der Waals surface area contributed by atoms with Crippen molar-refractivity contribution < 1.29 is 9.53 Å². The highest BCUT2D eigenvalue weighted by Crippen LogP contribution is 2.16. The van der Waals surface area contributed by atoms with Gasteiger partial charge in [0, 0.05) is 5.56 Å². The van der Waals surface area contributed by atoms with E-state index in [0.717, 1.165) is 0 Å². The molecule has 0 bridgehead atoms. The van der Waals surface area contributed by atoms with Crippen LogP contribution in [0.3, 0.4) is 0 Å². The molecule has 6 heteroatoms. The largest absolute Gasteiger partial charge is 0.491 e.